The fraction of sp³-hybridized carbons (Fsp3) is 0.737. The average Bonchev–Trinajstić information content (AvgIpc) is 3.19. The molecule has 1 saturated carbocycles. The van der Waals surface area contributed by atoms with E-state index in [1.807, 2.05) is 6.92 Å². The minimum atomic E-state index is -1.82. The topological polar surface area (TPSA) is 76.2 Å². The monoisotopic (exact) mass is 536 g/mol. The highest BCUT2D eigenvalue weighted by Crippen LogP contribution is 2.37. The van der Waals surface area contributed by atoms with Crippen LogP contribution in [-0.4, -0.2) is 80.7 Å². The van der Waals surface area contributed by atoms with Crippen molar-refractivity contribution >= 4 is 76.3 Å². The molecule has 2 rings (SSSR count). The van der Waals surface area contributed by atoms with Crippen molar-refractivity contribution < 1.29 is 23.9 Å². The van der Waals surface area contributed by atoms with E-state index in [1.54, 1.807) is 0 Å². The molecule has 0 radical (unpaired) electrons. The van der Waals surface area contributed by atoms with Gasteiger partial charge < -0.3 is 19.3 Å². The molecule has 31 heavy (non-hydrogen) atoms. The second kappa shape index (κ2) is 11.6. The summed E-state index contributed by atoms with van der Waals surface area (Å²) in [6.45, 7) is 5.87. The first-order valence-corrected chi connectivity index (χ1v) is 11.9. The number of rotatable bonds is 11. The zero-order valence-electron chi connectivity index (χ0n) is 16.9. The lowest BCUT2D eigenvalue weighted by Crippen LogP contribution is -2.73. The highest BCUT2D eigenvalue weighted by atomic mass is 35.6. The molecule has 1 heterocycles. The summed E-state index contributed by atoms with van der Waals surface area (Å²) < 4.78 is 8.95. The van der Waals surface area contributed by atoms with Gasteiger partial charge in [0.1, 0.15) is 18.1 Å². The molecule has 7 nitrogen and oxygen atoms in total. The van der Waals surface area contributed by atoms with E-state index in [2.05, 4.69) is 6.58 Å². The fourth-order valence-electron chi connectivity index (χ4n) is 3.79. The van der Waals surface area contributed by atoms with Gasteiger partial charge in [0.15, 0.2) is 6.04 Å². The second-order valence-corrected chi connectivity index (χ2v) is 10.7. The van der Waals surface area contributed by atoms with Crippen molar-refractivity contribution in [2.24, 2.45) is 0 Å². The van der Waals surface area contributed by atoms with Crippen molar-refractivity contribution in [3.05, 3.63) is 12.2 Å². The fourth-order valence-corrected chi connectivity index (χ4v) is 4.54. The van der Waals surface area contributed by atoms with Gasteiger partial charge in [-0.15, -0.1) is 11.6 Å². The van der Waals surface area contributed by atoms with E-state index in [4.69, 9.17) is 67.5 Å². The number of carbonyl (C=O) groups is 3. The van der Waals surface area contributed by atoms with E-state index in [9.17, 15) is 14.4 Å². The van der Waals surface area contributed by atoms with Crippen LogP contribution in [0.4, 0.5) is 0 Å². The summed E-state index contributed by atoms with van der Waals surface area (Å²) in [5, 5.41) is 0. The lowest BCUT2D eigenvalue weighted by Gasteiger charge is -2.51. The van der Waals surface area contributed by atoms with Crippen LogP contribution in [0.5, 0.6) is 0 Å². The van der Waals surface area contributed by atoms with E-state index >= 15 is 0 Å². The molecule has 0 aromatic heterocycles. The van der Waals surface area contributed by atoms with Crippen LogP contribution in [-0.2, 0) is 23.9 Å². The molecule has 1 aliphatic heterocycles. The van der Waals surface area contributed by atoms with Crippen LogP contribution in [0.2, 0.25) is 0 Å². The Morgan fingerprint density at radius 2 is 2.06 bits per heavy atom. The summed E-state index contributed by atoms with van der Waals surface area (Å²) in [7, 11) is 0. The molecule has 2 fully saturated rings. The number of halogens is 5. The predicted molar refractivity (Wildman–Crippen MR) is 121 cm³/mol. The first-order valence-electron chi connectivity index (χ1n) is 9.83. The quantitative estimate of drug-likeness (QED) is 0.100. The van der Waals surface area contributed by atoms with Crippen LogP contribution in [0.15, 0.2) is 12.2 Å². The number of ether oxygens (including phenoxy) is 2. The number of nitrogens with zero attached hydrogens (tertiary/aromatic N) is 2. The van der Waals surface area contributed by atoms with Gasteiger partial charge in [0.05, 0.1) is 6.10 Å². The molecule has 5 unspecified atom stereocenters. The summed E-state index contributed by atoms with van der Waals surface area (Å²) in [5.74, 6) is -1.50. The third-order valence-electron chi connectivity index (χ3n) is 5.25. The van der Waals surface area contributed by atoms with Crippen LogP contribution in [0.1, 0.15) is 32.6 Å². The van der Waals surface area contributed by atoms with Crippen molar-refractivity contribution in [1.29, 1.82) is 0 Å². The van der Waals surface area contributed by atoms with Gasteiger partial charge in [-0.25, -0.2) is 4.79 Å². The number of amides is 2. The molecule has 1 aliphatic carbocycles. The molecule has 2 amide bonds. The van der Waals surface area contributed by atoms with Gasteiger partial charge in [-0.3, -0.25) is 9.59 Å². The predicted octanol–water partition coefficient (Wildman–Crippen LogP) is 3.65. The highest BCUT2D eigenvalue weighted by molar-refractivity contribution is 6.67. The number of alkyl halides is 5. The van der Waals surface area contributed by atoms with E-state index in [0.29, 0.717) is 25.9 Å². The SMILES string of the molecule is C=C(CCl)C(C(=O)OCC(Cl)(Cl)Cl)N1C(=O)C(N(C=O)C2CCC(OCCC)C2)C1Cl. The summed E-state index contributed by atoms with van der Waals surface area (Å²) in [4.78, 5) is 39.9. The molecule has 176 valence electrons. The lowest BCUT2D eigenvalue weighted by atomic mass is 9.97. The zero-order valence-corrected chi connectivity index (χ0v) is 20.7. The van der Waals surface area contributed by atoms with E-state index < -0.39 is 39.9 Å². The Kier molecular flexibility index (Phi) is 10.0. The molecule has 2 aliphatic rings. The minimum Gasteiger partial charge on any atom is -0.459 e. The van der Waals surface area contributed by atoms with Gasteiger partial charge in [0, 0.05) is 18.5 Å². The normalized spacial score (nSPS) is 26.9. The Balaban J connectivity index is 2.10. The Labute approximate surface area is 206 Å². The third kappa shape index (κ3) is 6.55. The van der Waals surface area contributed by atoms with E-state index in [1.165, 1.54) is 4.90 Å². The smallest absolute Gasteiger partial charge is 0.333 e. The minimum absolute atomic E-state index is 0.0353. The standard InChI is InChI=1S/C19H25Cl5N2O5/c1-3-6-30-13-5-4-12(7-13)25(10-27)15-16(21)26(17(15)28)14(11(2)8-20)18(29)31-9-19(22,23)24/h10,12-16H,2-9H2,1H3. The molecule has 1 saturated heterocycles. The lowest BCUT2D eigenvalue weighted by molar-refractivity contribution is -0.169. The molecule has 0 aromatic rings. The van der Waals surface area contributed by atoms with Crippen molar-refractivity contribution in [3.8, 4) is 0 Å². The van der Waals surface area contributed by atoms with Crippen LogP contribution in [0, 0.1) is 0 Å². The number of esters is 1. The molecular weight excluding hydrogens is 513 g/mol. The van der Waals surface area contributed by atoms with Crippen molar-refractivity contribution in [1.82, 2.24) is 9.80 Å². The molecule has 0 spiro atoms. The molecular formula is C19H25Cl5N2O5. The summed E-state index contributed by atoms with van der Waals surface area (Å²) >= 11 is 29.2. The highest BCUT2D eigenvalue weighted by Gasteiger charge is 2.56. The Morgan fingerprint density at radius 3 is 2.58 bits per heavy atom. The zero-order chi connectivity index (χ0) is 23.3. The van der Waals surface area contributed by atoms with E-state index in [0.717, 1.165) is 17.7 Å². The van der Waals surface area contributed by atoms with Gasteiger partial charge in [-0.2, -0.15) is 0 Å². The number of β-lactam (4-membered cyclic amide) rings is 1. The maximum atomic E-state index is 13.0. The molecule has 0 aromatic carbocycles. The largest absolute Gasteiger partial charge is 0.459 e. The van der Waals surface area contributed by atoms with Crippen LogP contribution >= 0.6 is 58.0 Å². The first kappa shape index (κ1) is 26.8. The van der Waals surface area contributed by atoms with Crippen LogP contribution in [0.3, 0.4) is 0 Å². The van der Waals surface area contributed by atoms with E-state index in [-0.39, 0.29) is 23.6 Å². The Morgan fingerprint density at radius 1 is 1.39 bits per heavy atom. The third-order valence-corrected chi connectivity index (χ3v) is 6.37. The van der Waals surface area contributed by atoms with Gasteiger partial charge in [0.2, 0.25) is 10.2 Å². The summed E-state index contributed by atoms with van der Waals surface area (Å²) in [6, 6.07) is -2.35. The Hall–Kier alpha value is -0.440. The van der Waals surface area contributed by atoms with Gasteiger partial charge in [0.25, 0.3) is 5.91 Å². The van der Waals surface area contributed by atoms with Crippen LogP contribution < -0.4 is 0 Å². The maximum absolute atomic E-state index is 13.0. The number of carbonyl (C=O) groups excluding carboxylic acids is 3. The molecule has 0 bridgehead atoms. The summed E-state index contributed by atoms with van der Waals surface area (Å²) in [5.41, 5.74) is -0.779. The average molecular weight is 539 g/mol. The number of hydrogen-bond acceptors (Lipinski definition) is 5. The number of likely N-dealkylation sites (tertiary alicyclic amines) is 1. The second-order valence-electron chi connectivity index (χ2n) is 7.49. The van der Waals surface area contributed by atoms with Crippen molar-refractivity contribution in [3.63, 3.8) is 0 Å². The van der Waals surface area contributed by atoms with Gasteiger partial charge >= 0.3 is 5.97 Å². The molecule has 12 heteroatoms. The maximum Gasteiger partial charge on any atom is 0.333 e. The Bertz CT molecular complexity index is 689. The van der Waals surface area contributed by atoms with Gasteiger partial charge in [-0.05, 0) is 31.3 Å². The molecule has 5 atom stereocenters. The van der Waals surface area contributed by atoms with Crippen molar-refractivity contribution in [2.75, 3.05) is 19.1 Å². The van der Waals surface area contributed by atoms with Gasteiger partial charge in [-0.1, -0.05) is 59.9 Å². The molecule has 0 N–H and O–H groups in total. The van der Waals surface area contributed by atoms with Crippen molar-refractivity contribution in [2.45, 2.75) is 66.1 Å². The number of hydrogen-bond donors (Lipinski definition) is 0. The first-order chi connectivity index (χ1) is 14.6. The van der Waals surface area contributed by atoms with Crippen LogP contribution in [0.25, 0.3) is 0 Å². The summed E-state index contributed by atoms with van der Waals surface area (Å²) in [6.07, 6.45) is 3.67.